The lowest BCUT2D eigenvalue weighted by molar-refractivity contribution is 0.273. The Morgan fingerprint density at radius 1 is 1.50 bits per heavy atom. The molecule has 0 aliphatic heterocycles. The van der Waals surface area contributed by atoms with Crippen molar-refractivity contribution >= 4 is 10.0 Å². The number of aliphatic hydroxyl groups is 1. The van der Waals surface area contributed by atoms with Crippen LogP contribution in [0.1, 0.15) is 17.2 Å². The van der Waals surface area contributed by atoms with Gasteiger partial charge in [0.05, 0.1) is 12.3 Å². The summed E-state index contributed by atoms with van der Waals surface area (Å²) in [4.78, 5) is 4.13. The third-order valence-electron chi connectivity index (χ3n) is 2.94. The van der Waals surface area contributed by atoms with Gasteiger partial charge in [-0.3, -0.25) is 5.10 Å². The number of sulfonamides is 1. The molecule has 0 radical (unpaired) electrons. The van der Waals surface area contributed by atoms with Gasteiger partial charge in [0.15, 0.2) is 0 Å². The maximum Gasteiger partial charge on any atom is 0.244 e. The molecular formula is C11H17N5O3S. The molecule has 110 valence electrons. The zero-order valence-corrected chi connectivity index (χ0v) is 12.1. The van der Waals surface area contributed by atoms with Crippen molar-refractivity contribution in [3.8, 4) is 0 Å². The van der Waals surface area contributed by atoms with Crippen LogP contribution in [-0.2, 0) is 30.1 Å². The molecule has 0 bridgehead atoms. The molecule has 0 unspecified atom stereocenters. The quantitative estimate of drug-likeness (QED) is 0.663. The van der Waals surface area contributed by atoms with Crippen LogP contribution in [0.5, 0.6) is 0 Å². The number of nitrogens with one attached hydrogen (secondary N) is 2. The van der Waals surface area contributed by atoms with E-state index in [2.05, 4.69) is 19.9 Å². The maximum atomic E-state index is 12.2. The van der Waals surface area contributed by atoms with Crippen LogP contribution in [0.25, 0.3) is 0 Å². The molecule has 9 heteroatoms. The fourth-order valence-electron chi connectivity index (χ4n) is 1.94. The van der Waals surface area contributed by atoms with E-state index in [-0.39, 0.29) is 17.1 Å². The van der Waals surface area contributed by atoms with Crippen LogP contribution in [0.2, 0.25) is 0 Å². The molecule has 0 atom stereocenters. The first kappa shape index (κ1) is 14.7. The van der Waals surface area contributed by atoms with Gasteiger partial charge in [0.25, 0.3) is 0 Å². The number of nitrogens with zero attached hydrogens (tertiary/aromatic N) is 3. The summed E-state index contributed by atoms with van der Waals surface area (Å²) in [7, 11) is -1.85. The summed E-state index contributed by atoms with van der Waals surface area (Å²) in [5.74, 6) is 0.791. The van der Waals surface area contributed by atoms with Crippen molar-refractivity contribution in [1.82, 2.24) is 24.5 Å². The van der Waals surface area contributed by atoms with Crippen molar-refractivity contribution in [2.45, 2.75) is 24.8 Å². The van der Waals surface area contributed by atoms with Gasteiger partial charge in [-0.25, -0.2) is 18.1 Å². The van der Waals surface area contributed by atoms with Crippen LogP contribution in [0.4, 0.5) is 0 Å². The van der Waals surface area contributed by atoms with Crippen LogP contribution in [0, 0.1) is 6.92 Å². The molecule has 2 rings (SSSR count). The highest BCUT2D eigenvalue weighted by molar-refractivity contribution is 7.89. The molecule has 2 aromatic heterocycles. The van der Waals surface area contributed by atoms with Crippen LogP contribution in [0.15, 0.2) is 17.3 Å². The Kier molecular flexibility index (Phi) is 4.21. The number of rotatable bonds is 6. The SMILES string of the molecule is Cc1[nH]nc(CO)c1S(=O)(=O)NCCc1nccn1C. The average Bonchev–Trinajstić information content (AvgIpc) is 2.96. The summed E-state index contributed by atoms with van der Waals surface area (Å²) >= 11 is 0. The lowest BCUT2D eigenvalue weighted by Gasteiger charge is -2.07. The first-order valence-corrected chi connectivity index (χ1v) is 7.54. The fourth-order valence-corrected chi connectivity index (χ4v) is 3.32. The number of hydrogen-bond acceptors (Lipinski definition) is 5. The van der Waals surface area contributed by atoms with E-state index in [0.717, 1.165) is 5.82 Å². The normalized spacial score (nSPS) is 11.9. The van der Waals surface area contributed by atoms with E-state index in [9.17, 15) is 8.42 Å². The lowest BCUT2D eigenvalue weighted by Crippen LogP contribution is -2.27. The first-order valence-electron chi connectivity index (χ1n) is 6.06. The monoisotopic (exact) mass is 299 g/mol. The number of hydrogen-bond donors (Lipinski definition) is 3. The number of imidazole rings is 1. The molecule has 0 aliphatic rings. The van der Waals surface area contributed by atoms with Gasteiger partial charge in [-0.1, -0.05) is 0 Å². The number of aryl methyl sites for hydroxylation is 2. The number of H-pyrrole nitrogens is 1. The van der Waals surface area contributed by atoms with Gasteiger partial charge < -0.3 is 9.67 Å². The summed E-state index contributed by atoms with van der Waals surface area (Å²) in [6.45, 7) is 1.39. The summed E-state index contributed by atoms with van der Waals surface area (Å²) in [5, 5.41) is 15.4. The first-order chi connectivity index (χ1) is 9.45. The third kappa shape index (κ3) is 2.89. The van der Waals surface area contributed by atoms with E-state index in [1.807, 2.05) is 11.6 Å². The van der Waals surface area contributed by atoms with Crippen molar-refractivity contribution in [3.63, 3.8) is 0 Å². The molecule has 0 fully saturated rings. The van der Waals surface area contributed by atoms with Gasteiger partial charge in [0.1, 0.15) is 16.4 Å². The van der Waals surface area contributed by atoms with Gasteiger partial charge in [-0.05, 0) is 6.92 Å². The molecule has 0 saturated heterocycles. The molecule has 20 heavy (non-hydrogen) atoms. The Balaban J connectivity index is 2.08. The molecule has 0 spiro atoms. The Hall–Kier alpha value is -1.71. The van der Waals surface area contributed by atoms with Crippen LogP contribution in [-0.4, -0.2) is 39.8 Å². The average molecular weight is 299 g/mol. The number of aromatic amines is 1. The minimum Gasteiger partial charge on any atom is -0.390 e. The van der Waals surface area contributed by atoms with Gasteiger partial charge in [0, 0.05) is 32.4 Å². The second-order valence-electron chi connectivity index (χ2n) is 4.38. The van der Waals surface area contributed by atoms with E-state index in [0.29, 0.717) is 12.1 Å². The lowest BCUT2D eigenvalue weighted by atomic mass is 10.4. The minimum absolute atomic E-state index is 0.0137. The number of aliphatic hydroxyl groups excluding tert-OH is 1. The highest BCUT2D eigenvalue weighted by Gasteiger charge is 2.23. The van der Waals surface area contributed by atoms with Gasteiger partial charge in [0.2, 0.25) is 10.0 Å². The highest BCUT2D eigenvalue weighted by Crippen LogP contribution is 2.17. The molecule has 0 aliphatic carbocycles. The van der Waals surface area contributed by atoms with E-state index in [1.165, 1.54) is 0 Å². The van der Waals surface area contributed by atoms with Crippen molar-refractivity contribution < 1.29 is 13.5 Å². The summed E-state index contributed by atoms with van der Waals surface area (Å²) in [6, 6.07) is 0. The zero-order valence-electron chi connectivity index (χ0n) is 11.3. The summed E-state index contributed by atoms with van der Waals surface area (Å²) in [6.07, 6.45) is 3.94. The molecule has 3 N–H and O–H groups in total. The maximum absolute atomic E-state index is 12.2. The van der Waals surface area contributed by atoms with E-state index in [1.54, 1.807) is 19.3 Å². The Morgan fingerprint density at radius 2 is 2.25 bits per heavy atom. The predicted molar refractivity (Wildman–Crippen MR) is 71.3 cm³/mol. The topological polar surface area (TPSA) is 113 Å². The second-order valence-corrected chi connectivity index (χ2v) is 6.09. The van der Waals surface area contributed by atoms with Crippen LogP contribution in [0.3, 0.4) is 0 Å². The summed E-state index contributed by atoms with van der Waals surface area (Å²) in [5.41, 5.74) is 0.519. The van der Waals surface area contributed by atoms with Crippen molar-refractivity contribution in [2.24, 2.45) is 7.05 Å². The van der Waals surface area contributed by atoms with Crippen molar-refractivity contribution in [1.29, 1.82) is 0 Å². The van der Waals surface area contributed by atoms with Crippen LogP contribution < -0.4 is 4.72 Å². The highest BCUT2D eigenvalue weighted by atomic mass is 32.2. The van der Waals surface area contributed by atoms with Crippen molar-refractivity contribution in [2.75, 3.05) is 6.54 Å². The second kappa shape index (κ2) is 5.73. The zero-order chi connectivity index (χ0) is 14.8. The molecule has 8 nitrogen and oxygen atoms in total. The summed E-state index contributed by atoms with van der Waals surface area (Å²) < 4.78 is 28.7. The van der Waals surface area contributed by atoms with Crippen molar-refractivity contribution in [3.05, 3.63) is 29.6 Å². The fraction of sp³-hybridized carbons (Fsp3) is 0.455. The van der Waals surface area contributed by atoms with E-state index >= 15 is 0 Å². The molecular weight excluding hydrogens is 282 g/mol. The minimum atomic E-state index is -3.70. The molecule has 0 aromatic carbocycles. The van der Waals surface area contributed by atoms with Gasteiger partial charge in [-0.15, -0.1) is 0 Å². The Bertz CT molecular complexity index is 689. The van der Waals surface area contributed by atoms with E-state index in [4.69, 9.17) is 5.11 Å². The molecule has 2 heterocycles. The predicted octanol–water partition coefficient (Wildman–Crippen LogP) is -0.535. The standard InChI is InChI=1S/C11H17N5O3S/c1-8-11(9(7-17)15-14-8)20(18,19)13-4-3-10-12-5-6-16(10)2/h5-6,13,17H,3-4,7H2,1-2H3,(H,14,15). The molecule has 0 saturated carbocycles. The van der Waals surface area contributed by atoms with Crippen LogP contribution >= 0.6 is 0 Å². The van der Waals surface area contributed by atoms with E-state index < -0.39 is 16.6 Å². The smallest absolute Gasteiger partial charge is 0.244 e. The van der Waals surface area contributed by atoms with Gasteiger partial charge in [-0.2, -0.15) is 5.10 Å². The van der Waals surface area contributed by atoms with Gasteiger partial charge >= 0.3 is 0 Å². The third-order valence-corrected chi connectivity index (χ3v) is 4.60. The Labute approximate surface area is 116 Å². The molecule has 2 aromatic rings. The molecule has 0 amide bonds. The largest absolute Gasteiger partial charge is 0.390 e. The Morgan fingerprint density at radius 3 is 2.85 bits per heavy atom. The number of aromatic nitrogens is 4.